The lowest BCUT2D eigenvalue weighted by molar-refractivity contribution is 0.483. The minimum atomic E-state index is 0.524. The molecule has 2 rings (SSSR count). The van der Waals surface area contributed by atoms with E-state index in [1.807, 2.05) is 6.07 Å². The molecule has 0 saturated carbocycles. The molecule has 0 radical (unpaired) electrons. The third kappa shape index (κ3) is 2.24. The summed E-state index contributed by atoms with van der Waals surface area (Å²) >= 11 is 12.1. The maximum Gasteiger partial charge on any atom is 0.0655 e. The number of benzene rings is 1. The van der Waals surface area contributed by atoms with Crippen molar-refractivity contribution in [3.63, 3.8) is 0 Å². The number of anilines is 1. The van der Waals surface area contributed by atoms with Crippen molar-refractivity contribution in [3.8, 4) is 0 Å². The first-order chi connectivity index (χ1) is 7.08. The maximum absolute atomic E-state index is 6.17. The van der Waals surface area contributed by atoms with Crippen LogP contribution in [0.25, 0.3) is 0 Å². The molecule has 0 spiro atoms. The van der Waals surface area contributed by atoms with Gasteiger partial charge in [0.2, 0.25) is 0 Å². The molecule has 1 N–H and O–H groups in total. The molecular formula is C12H15Cl2N. The van der Waals surface area contributed by atoms with Crippen molar-refractivity contribution in [3.05, 3.63) is 27.7 Å². The molecular weight excluding hydrogens is 229 g/mol. The molecule has 15 heavy (non-hydrogen) atoms. The van der Waals surface area contributed by atoms with E-state index in [4.69, 9.17) is 23.2 Å². The summed E-state index contributed by atoms with van der Waals surface area (Å²) in [5.74, 6) is 0.630. The van der Waals surface area contributed by atoms with Gasteiger partial charge in [0.15, 0.2) is 0 Å². The van der Waals surface area contributed by atoms with Gasteiger partial charge in [0.1, 0.15) is 0 Å². The second-order valence-corrected chi connectivity index (χ2v) is 5.30. The van der Waals surface area contributed by atoms with Crippen molar-refractivity contribution in [2.45, 2.75) is 32.7 Å². The number of fused-ring (bicyclic) bond motifs is 1. The van der Waals surface area contributed by atoms with E-state index in [-0.39, 0.29) is 0 Å². The Hall–Kier alpha value is -0.400. The summed E-state index contributed by atoms with van der Waals surface area (Å²) in [5, 5.41) is 4.97. The Morgan fingerprint density at radius 3 is 2.73 bits per heavy atom. The Kier molecular flexibility index (Phi) is 3.13. The number of aryl methyl sites for hydroxylation is 1. The molecule has 1 unspecified atom stereocenters. The van der Waals surface area contributed by atoms with Gasteiger partial charge < -0.3 is 5.32 Å². The van der Waals surface area contributed by atoms with Crippen LogP contribution in [0, 0.1) is 5.92 Å². The number of hydrogen-bond acceptors (Lipinski definition) is 1. The molecule has 1 aromatic rings. The molecule has 0 aliphatic carbocycles. The first kappa shape index (κ1) is 11.1. The first-order valence-corrected chi connectivity index (χ1v) is 6.08. The molecule has 1 aliphatic heterocycles. The van der Waals surface area contributed by atoms with Gasteiger partial charge in [0.25, 0.3) is 0 Å². The molecule has 0 bridgehead atoms. The van der Waals surface area contributed by atoms with Crippen molar-refractivity contribution in [2.75, 3.05) is 5.32 Å². The summed E-state index contributed by atoms with van der Waals surface area (Å²) in [6.07, 6.45) is 2.22. The summed E-state index contributed by atoms with van der Waals surface area (Å²) in [7, 11) is 0. The Morgan fingerprint density at radius 2 is 2.07 bits per heavy atom. The summed E-state index contributed by atoms with van der Waals surface area (Å²) in [4.78, 5) is 0. The lowest BCUT2D eigenvalue weighted by Crippen LogP contribution is -2.30. The van der Waals surface area contributed by atoms with E-state index in [9.17, 15) is 0 Å². The highest BCUT2D eigenvalue weighted by atomic mass is 35.5. The highest BCUT2D eigenvalue weighted by molar-refractivity contribution is 6.36. The smallest absolute Gasteiger partial charge is 0.0655 e. The van der Waals surface area contributed by atoms with E-state index < -0.39 is 0 Å². The zero-order valence-electron chi connectivity index (χ0n) is 8.98. The molecule has 0 fully saturated rings. The molecule has 1 heterocycles. The predicted octanol–water partition coefficient (Wildman–Crippen LogP) is 4.38. The monoisotopic (exact) mass is 243 g/mol. The largest absolute Gasteiger partial charge is 0.381 e. The van der Waals surface area contributed by atoms with Crippen LogP contribution < -0.4 is 5.32 Å². The van der Waals surface area contributed by atoms with Crippen molar-refractivity contribution in [1.29, 1.82) is 0 Å². The van der Waals surface area contributed by atoms with E-state index >= 15 is 0 Å². The minimum absolute atomic E-state index is 0.524. The molecule has 1 nitrogen and oxygen atoms in total. The van der Waals surface area contributed by atoms with E-state index in [2.05, 4.69) is 19.2 Å². The van der Waals surface area contributed by atoms with Gasteiger partial charge in [0, 0.05) is 11.1 Å². The summed E-state index contributed by atoms with van der Waals surface area (Å²) in [6.45, 7) is 4.46. The summed E-state index contributed by atoms with van der Waals surface area (Å²) < 4.78 is 0. The van der Waals surface area contributed by atoms with Crippen LogP contribution in [-0.4, -0.2) is 6.04 Å². The Balaban J connectivity index is 2.33. The Labute approximate surface area is 101 Å². The van der Waals surface area contributed by atoms with Crippen molar-refractivity contribution < 1.29 is 0 Å². The van der Waals surface area contributed by atoms with Gasteiger partial charge in [-0.2, -0.15) is 0 Å². The molecule has 1 aromatic carbocycles. The fraction of sp³-hybridized carbons (Fsp3) is 0.500. The van der Waals surface area contributed by atoms with Crippen LogP contribution >= 0.6 is 23.2 Å². The van der Waals surface area contributed by atoms with Crippen LogP contribution in [0.4, 0.5) is 5.69 Å². The standard InChI is InChI=1S/C12H15Cl2N/c1-7(2)11-4-3-8-5-9(13)6-10(14)12(8)15-11/h5-7,11,15H,3-4H2,1-2H3. The second-order valence-electron chi connectivity index (χ2n) is 4.46. The molecule has 0 saturated heterocycles. The summed E-state index contributed by atoms with van der Waals surface area (Å²) in [5.41, 5.74) is 2.32. The average molecular weight is 244 g/mol. The van der Waals surface area contributed by atoms with Gasteiger partial charge in [-0.3, -0.25) is 0 Å². The second kappa shape index (κ2) is 4.23. The molecule has 1 atom stereocenters. The fourth-order valence-corrected chi connectivity index (χ4v) is 2.64. The summed E-state index contributed by atoms with van der Waals surface area (Å²) in [6, 6.07) is 4.33. The number of halogens is 2. The highest BCUT2D eigenvalue weighted by Gasteiger charge is 2.22. The van der Waals surface area contributed by atoms with Crippen LogP contribution in [0.1, 0.15) is 25.8 Å². The van der Waals surface area contributed by atoms with Crippen LogP contribution in [0.5, 0.6) is 0 Å². The quantitative estimate of drug-likeness (QED) is 0.773. The highest BCUT2D eigenvalue weighted by Crippen LogP contribution is 2.35. The predicted molar refractivity (Wildman–Crippen MR) is 67.0 cm³/mol. The topological polar surface area (TPSA) is 12.0 Å². The van der Waals surface area contributed by atoms with Gasteiger partial charge >= 0.3 is 0 Å². The van der Waals surface area contributed by atoms with Crippen LogP contribution in [0.15, 0.2) is 12.1 Å². The van der Waals surface area contributed by atoms with E-state index in [0.29, 0.717) is 12.0 Å². The van der Waals surface area contributed by atoms with Crippen LogP contribution in [0.3, 0.4) is 0 Å². The third-order valence-electron chi connectivity index (χ3n) is 3.00. The normalized spacial score (nSPS) is 19.9. The zero-order valence-corrected chi connectivity index (χ0v) is 10.5. The fourth-order valence-electron chi connectivity index (χ4n) is 2.05. The zero-order chi connectivity index (χ0) is 11.0. The molecule has 82 valence electrons. The average Bonchev–Trinajstić information content (AvgIpc) is 2.16. The lowest BCUT2D eigenvalue weighted by atomic mass is 9.91. The molecule has 0 amide bonds. The number of rotatable bonds is 1. The van der Waals surface area contributed by atoms with E-state index in [0.717, 1.165) is 28.6 Å². The van der Waals surface area contributed by atoms with Gasteiger partial charge in [-0.05, 0) is 36.5 Å². The van der Waals surface area contributed by atoms with Crippen LogP contribution in [0.2, 0.25) is 10.0 Å². The van der Waals surface area contributed by atoms with Crippen molar-refractivity contribution in [2.24, 2.45) is 5.92 Å². The maximum atomic E-state index is 6.17. The number of hydrogen-bond donors (Lipinski definition) is 1. The van der Waals surface area contributed by atoms with Crippen molar-refractivity contribution >= 4 is 28.9 Å². The Bertz CT molecular complexity index is 374. The lowest BCUT2D eigenvalue weighted by Gasteiger charge is -2.30. The van der Waals surface area contributed by atoms with Gasteiger partial charge in [0.05, 0.1) is 10.7 Å². The van der Waals surface area contributed by atoms with E-state index in [1.54, 1.807) is 6.07 Å². The SMILES string of the molecule is CC(C)C1CCc2cc(Cl)cc(Cl)c2N1. The third-order valence-corrected chi connectivity index (χ3v) is 3.51. The van der Waals surface area contributed by atoms with E-state index in [1.165, 1.54) is 5.56 Å². The van der Waals surface area contributed by atoms with Gasteiger partial charge in [-0.25, -0.2) is 0 Å². The molecule has 0 aromatic heterocycles. The van der Waals surface area contributed by atoms with Gasteiger partial charge in [-0.1, -0.05) is 37.0 Å². The first-order valence-electron chi connectivity index (χ1n) is 5.32. The van der Waals surface area contributed by atoms with Crippen LogP contribution in [-0.2, 0) is 6.42 Å². The minimum Gasteiger partial charge on any atom is -0.381 e. The van der Waals surface area contributed by atoms with Gasteiger partial charge in [-0.15, -0.1) is 0 Å². The van der Waals surface area contributed by atoms with Crippen molar-refractivity contribution in [1.82, 2.24) is 0 Å². The molecule has 1 aliphatic rings. The number of nitrogens with one attached hydrogen (secondary N) is 1. The molecule has 3 heteroatoms. The Morgan fingerprint density at radius 1 is 1.33 bits per heavy atom.